The molecule has 1 heterocycles. The number of rotatable bonds is 3. The Balaban J connectivity index is 1.70. The Morgan fingerprint density at radius 2 is 1.52 bits per heavy atom. The van der Waals surface area contributed by atoms with Crippen LogP contribution in [-0.4, -0.2) is 54.9 Å². The van der Waals surface area contributed by atoms with Crippen molar-refractivity contribution in [2.45, 2.75) is 13.8 Å². The minimum absolute atomic E-state index is 0.104. The van der Waals surface area contributed by atoms with Gasteiger partial charge in [-0.05, 0) is 55.3 Å². The van der Waals surface area contributed by atoms with E-state index < -0.39 is 5.82 Å². The van der Waals surface area contributed by atoms with E-state index in [9.17, 15) is 14.0 Å². The van der Waals surface area contributed by atoms with Crippen molar-refractivity contribution in [1.29, 1.82) is 0 Å². The first kappa shape index (κ1) is 18.9. The van der Waals surface area contributed by atoms with E-state index in [0.717, 1.165) is 11.1 Å². The number of carbonyl (C=O) groups excluding carboxylic acids is 2. The van der Waals surface area contributed by atoms with Crippen molar-refractivity contribution in [2.24, 2.45) is 0 Å². The molecule has 5 nitrogen and oxygen atoms in total. The summed E-state index contributed by atoms with van der Waals surface area (Å²) in [6, 6.07) is 9.38. The van der Waals surface area contributed by atoms with Gasteiger partial charge in [0.15, 0.2) is 0 Å². The Morgan fingerprint density at radius 1 is 0.926 bits per heavy atom. The maximum atomic E-state index is 13.3. The van der Waals surface area contributed by atoms with Crippen LogP contribution in [0.15, 0.2) is 36.4 Å². The summed E-state index contributed by atoms with van der Waals surface area (Å²) < 4.78 is 18.7. The highest BCUT2D eigenvalue weighted by atomic mass is 19.1. The lowest BCUT2D eigenvalue weighted by molar-refractivity contribution is 0.0533. The minimum Gasteiger partial charge on any atom is -0.496 e. The van der Waals surface area contributed by atoms with Crippen molar-refractivity contribution in [3.63, 3.8) is 0 Å². The minimum atomic E-state index is -0.434. The fraction of sp³-hybridized carbons (Fsp3) is 0.333. The van der Waals surface area contributed by atoms with Gasteiger partial charge in [-0.15, -0.1) is 0 Å². The molecule has 0 unspecified atom stereocenters. The fourth-order valence-electron chi connectivity index (χ4n) is 3.21. The maximum Gasteiger partial charge on any atom is 0.257 e. The number of amides is 2. The highest BCUT2D eigenvalue weighted by molar-refractivity contribution is 5.98. The van der Waals surface area contributed by atoms with Gasteiger partial charge in [-0.2, -0.15) is 0 Å². The maximum absolute atomic E-state index is 13.3. The van der Waals surface area contributed by atoms with Gasteiger partial charge in [-0.1, -0.05) is 6.07 Å². The lowest BCUT2D eigenvalue weighted by Crippen LogP contribution is -2.50. The summed E-state index contributed by atoms with van der Waals surface area (Å²) in [6.45, 7) is 5.61. The van der Waals surface area contributed by atoms with Gasteiger partial charge in [-0.3, -0.25) is 9.59 Å². The lowest BCUT2D eigenvalue weighted by atomic mass is 10.0. The number of aryl methyl sites for hydroxylation is 2. The Hall–Kier alpha value is -2.89. The quantitative estimate of drug-likeness (QED) is 0.834. The molecule has 0 aliphatic carbocycles. The summed E-state index contributed by atoms with van der Waals surface area (Å²) in [5, 5.41) is 0. The summed E-state index contributed by atoms with van der Waals surface area (Å²) >= 11 is 0. The number of hydrogen-bond donors (Lipinski definition) is 0. The smallest absolute Gasteiger partial charge is 0.257 e. The van der Waals surface area contributed by atoms with E-state index in [2.05, 4.69) is 0 Å². The van der Waals surface area contributed by atoms with Crippen molar-refractivity contribution < 1.29 is 18.7 Å². The van der Waals surface area contributed by atoms with Crippen LogP contribution in [0.3, 0.4) is 0 Å². The van der Waals surface area contributed by atoms with Crippen LogP contribution in [0.2, 0.25) is 0 Å². The fourth-order valence-corrected chi connectivity index (χ4v) is 3.21. The molecule has 0 atom stereocenters. The molecule has 2 aromatic rings. The number of nitrogens with zero attached hydrogens (tertiary/aromatic N) is 2. The molecular formula is C21H23FN2O3. The second-order valence-electron chi connectivity index (χ2n) is 6.73. The Labute approximate surface area is 158 Å². The average Bonchev–Trinajstić information content (AvgIpc) is 2.68. The molecule has 0 spiro atoms. The molecule has 6 heteroatoms. The molecule has 142 valence electrons. The highest BCUT2D eigenvalue weighted by Gasteiger charge is 2.27. The van der Waals surface area contributed by atoms with Crippen LogP contribution in [-0.2, 0) is 0 Å². The van der Waals surface area contributed by atoms with Crippen LogP contribution in [0.4, 0.5) is 4.39 Å². The molecule has 1 aliphatic heterocycles. The van der Waals surface area contributed by atoms with E-state index in [1.165, 1.54) is 18.2 Å². The second-order valence-corrected chi connectivity index (χ2v) is 6.73. The van der Waals surface area contributed by atoms with Gasteiger partial charge < -0.3 is 14.5 Å². The molecular weight excluding hydrogens is 347 g/mol. The van der Waals surface area contributed by atoms with Gasteiger partial charge in [0.2, 0.25) is 0 Å². The first-order valence-electron chi connectivity index (χ1n) is 8.90. The third-order valence-corrected chi connectivity index (χ3v) is 4.97. The molecule has 0 radical (unpaired) electrons. The van der Waals surface area contributed by atoms with Crippen molar-refractivity contribution in [3.8, 4) is 5.75 Å². The van der Waals surface area contributed by atoms with Gasteiger partial charge in [0.1, 0.15) is 11.6 Å². The van der Waals surface area contributed by atoms with Crippen molar-refractivity contribution >= 4 is 11.8 Å². The van der Waals surface area contributed by atoms with E-state index in [1.807, 2.05) is 26.0 Å². The van der Waals surface area contributed by atoms with E-state index >= 15 is 0 Å². The van der Waals surface area contributed by atoms with E-state index in [0.29, 0.717) is 43.1 Å². The van der Waals surface area contributed by atoms with Crippen LogP contribution >= 0.6 is 0 Å². The number of hydrogen-bond acceptors (Lipinski definition) is 3. The van der Waals surface area contributed by atoms with Crippen molar-refractivity contribution in [1.82, 2.24) is 9.80 Å². The van der Waals surface area contributed by atoms with Gasteiger partial charge in [0.25, 0.3) is 11.8 Å². The molecule has 3 rings (SSSR count). The zero-order valence-electron chi connectivity index (χ0n) is 15.8. The molecule has 1 fully saturated rings. The first-order chi connectivity index (χ1) is 12.9. The first-order valence-corrected chi connectivity index (χ1v) is 8.90. The monoisotopic (exact) mass is 370 g/mol. The number of halogens is 1. The van der Waals surface area contributed by atoms with Crippen LogP contribution < -0.4 is 4.74 Å². The van der Waals surface area contributed by atoms with Crippen LogP contribution in [0.1, 0.15) is 31.8 Å². The Bertz CT molecular complexity index is 874. The molecule has 27 heavy (non-hydrogen) atoms. The molecule has 2 aromatic carbocycles. The van der Waals surface area contributed by atoms with Gasteiger partial charge in [-0.25, -0.2) is 4.39 Å². The average molecular weight is 370 g/mol. The Kier molecular flexibility index (Phi) is 5.44. The van der Waals surface area contributed by atoms with Gasteiger partial charge in [0, 0.05) is 31.7 Å². The number of ether oxygens (including phenoxy) is 1. The number of methoxy groups -OCH3 is 1. The van der Waals surface area contributed by atoms with Gasteiger partial charge in [0.05, 0.1) is 12.7 Å². The van der Waals surface area contributed by atoms with Crippen LogP contribution in [0, 0.1) is 19.7 Å². The van der Waals surface area contributed by atoms with E-state index in [-0.39, 0.29) is 11.8 Å². The summed E-state index contributed by atoms with van der Waals surface area (Å²) in [4.78, 5) is 28.8. The summed E-state index contributed by atoms with van der Waals surface area (Å²) in [6.07, 6.45) is 0. The zero-order valence-corrected chi connectivity index (χ0v) is 15.8. The molecule has 1 aliphatic rings. The highest BCUT2D eigenvalue weighted by Crippen LogP contribution is 2.25. The topological polar surface area (TPSA) is 49.9 Å². The van der Waals surface area contributed by atoms with Crippen molar-refractivity contribution in [2.75, 3.05) is 33.3 Å². The molecule has 2 amide bonds. The summed E-state index contributed by atoms with van der Waals surface area (Å²) in [7, 11) is 1.55. The molecule has 0 aromatic heterocycles. The largest absolute Gasteiger partial charge is 0.496 e. The number of piperazine rings is 1. The predicted octanol–water partition coefficient (Wildman–Crippen LogP) is 3.05. The third-order valence-electron chi connectivity index (χ3n) is 4.97. The SMILES string of the molecule is COc1cc(C)c(C)cc1C(=O)N1CCN(C(=O)c2cccc(F)c2)CC1. The van der Waals surface area contributed by atoms with Gasteiger partial charge >= 0.3 is 0 Å². The molecule has 0 bridgehead atoms. The molecule has 0 N–H and O–H groups in total. The summed E-state index contributed by atoms with van der Waals surface area (Å²) in [5.41, 5.74) is 2.95. The summed E-state index contributed by atoms with van der Waals surface area (Å²) in [5.74, 6) is -0.198. The predicted molar refractivity (Wildman–Crippen MR) is 101 cm³/mol. The lowest BCUT2D eigenvalue weighted by Gasteiger charge is -2.35. The molecule has 1 saturated heterocycles. The van der Waals surface area contributed by atoms with Crippen LogP contribution in [0.5, 0.6) is 5.75 Å². The standard InChI is InChI=1S/C21H23FN2O3/c1-14-11-18(19(27-3)12-15(14)2)21(26)24-9-7-23(8-10-24)20(25)16-5-4-6-17(22)13-16/h4-6,11-13H,7-10H2,1-3H3. The normalized spacial score (nSPS) is 14.2. The number of carbonyl (C=O) groups is 2. The number of benzene rings is 2. The molecule has 0 saturated carbocycles. The van der Waals surface area contributed by atoms with E-state index in [1.54, 1.807) is 23.0 Å². The second kappa shape index (κ2) is 7.78. The Morgan fingerprint density at radius 3 is 2.11 bits per heavy atom. The van der Waals surface area contributed by atoms with Crippen molar-refractivity contribution in [3.05, 3.63) is 64.5 Å². The van der Waals surface area contributed by atoms with E-state index in [4.69, 9.17) is 4.74 Å². The zero-order chi connectivity index (χ0) is 19.6. The van der Waals surface area contributed by atoms with Crippen LogP contribution in [0.25, 0.3) is 0 Å². The third kappa shape index (κ3) is 3.94.